The van der Waals surface area contributed by atoms with Gasteiger partial charge in [-0.15, -0.1) is 11.3 Å². The number of rotatable bonds is 4. The van der Waals surface area contributed by atoms with Crippen LogP contribution in [0.5, 0.6) is 0 Å². The molecule has 3 nitrogen and oxygen atoms in total. The van der Waals surface area contributed by atoms with Crippen LogP contribution in [0.2, 0.25) is 0 Å². The minimum absolute atomic E-state index is 0.00193. The largest absolute Gasteiger partial charge is 0.354 e. The van der Waals surface area contributed by atoms with Gasteiger partial charge < -0.3 is 10.6 Å². The number of hydrogen-bond acceptors (Lipinski definition) is 4. The van der Waals surface area contributed by atoms with Crippen LogP contribution in [-0.2, 0) is 11.2 Å². The van der Waals surface area contributed by atoms with Crippen LogP contribution < -0.4 is 10.6 Å². The lowest BCUT2D eigenvalue weighted by Crippen LogP contribution is -2.49. The highest BCUT2D eigenvalue weighted by molar-refractivity contribution is 7.99. The first-order valence-electron chi connectivity index (χ1n) is 5.47. The van der Waals surface area contributed by atoms with Gasteiger partial charge in [0, 0.05) is 29.5 Å². The average molecular weight is 256 g/mol. The topological polar surface area (TPSA) is 41.1 Å². The Labute approximate surface area is 104 Å². The molecule has 2 rings (SSSR count). The summed E-state index contributed by atoms with van der Waals surface area (Å²) >= 11 is 3.58. The van der Waals surface area contributed by atoms with E-state index in [-0.39, 0.29) is 11.9 Å². The number of nitrogens with one attached hydrogen (secondary N) is 2. The predicted molar refractivity (Wildman–Crippen MR) is 70.1 cm³/mol. The van der Waals surface area contributed by atoms with E-state index >= 15 is 0 Å². The maximum absolute atomic E-state index is 11.7. The molecule has 88 valence electrons. The maximum atomic E-state index is 11.7. The Balaban J connectivity index is 1.67. The SMILES string of the molecule is O=C(NCCc1cccs1)C1CSCCN1. The number of carbonyl (C=O) groups is 1. The van der Waals surface area contributed by atoms with Crippen LogP contribution in [-0.4, -0.2) is 36.5 Å². The van der Waals surface area contributed by atoms with Crippen molar-refractivity contribution in [1.82, 2.24) is 10.6 Å². The van der Waals surface area contributed by atoms with Crippen LogP contribution in [0, 0.1) is 0 Å². The Morgan fingerprint density at radius 3 is 3.25 bits per heavy atom. The summed E-state index contributed by atoms with van der Waals surface area (Å²) in [6.07, 6.45) is 0.934. The zero-order valence-corrected chi connectivity index (χ0v) is 10.7. The van der Waals surface area contributed by atoms with Gasteiger partial charge in [-0.05, 0) is 17.9 Å². The fraction of sp³-hybridized carbons (Fsp3) is 0.545. The van der Waals surface area contributed by atoms with Crippen molar-refractivity contribution in [3.63, 3.8) is 0 Å². The molecule has 1 aromatic rings. The molecule has 1 amide bonds. The van der Waals surface area contributed by atoms with E-state index in [4.69, 9.17) is 0 Å². The minimum Gasteiger partial charge on any atom is -0.354 e. The minimum atomic E-state index is 0.00193. The molecule has 1 aliphatic rings. The molecule has 0 radical (unpaired) electrons. The smallest absolute Gasteiger partial charge is 0.238 e. The molecule has 1 unspecified atom stereocenters. The molecular formula is C11H16N2OS2. The van der Waals surface area contributed by atoms with Crippen molar-refractivity contribution in [3.8, 4) is 0 Å². The van der Waals surface area contributed by atoms with E-state index in [0.717, 1.165) is 31.0 Å². The first-order valence-corrected chi connectivity index (χ1v) is 7.51. The highest BCUT2D eigenvalue weighted by Gasteiger charge is 2.19. The Hall–Kier alpha value is -0.520. The molecular weight excluding hydrogens is 240 g/mol. The molecule has 1 saturated heterocycles. The van der Waals surface area contributed by atoms with Gasteiger partial charge in [0.15, 0.2) is 0 Å². The van der Waals surface area contributed by atoms with Crippen LogP contribution in [0.1, 0.15) is 4.88 Å². The Morgan fingerprint density at radius 2 is 2.56 bits per heavy atom. The standard InChI is InChI=1S/C11H16N2OS2/c14-11(10-8-15-7-5-12-10)13-4-3-9-2-1-6-16-9/h1-2,6,10,12H,3-5,7-8H2,(H,13,14). The lowest BCUT2D eigenvalue weighted by molar-refractivity contribution is -0.122. The van der Waals surface area contributed by atoms with Gasteiger partial charge >= 0.3 is 0 Å². The van der Waals surface area contributed by atoms with Crippen LogP contribution in [0.3, 0.4) is 0 Å². The van der Waals surface area contributed by atoms with Gasteiger partial charge in [0.1, 0.15) is 0 Å². The Morgan fingerprint density at radius 1 is 1.62 bits per heavy atom. The molecule has 1 atom stereocenters. The van der Waals surface area contributed by atoms with Crippen molar-refractivity contribution in [2.45, 2.75) is 12.5 Å². The average Bonchev–Trinajstić information content (AvgIpc) is 2.83. The lowest BCUT2D eigenvalue weighted by atomic mass is 10.3. The first-order chi connectivity index (χ1) is 7.86. The fourth-order valence-electron chi connectivity index (χ4n) is 1.62. The number of thioether (sulfide) groups is 1. The van der Waals surface area contributed by atoms with E-state index in [2.05, 4.69) is 22.1 Å². The van der Waals surface area contributed by atoms with Crippen molar-refractivity contribution >= 4 is 29.0 Å². The predicted octanol–water partition coefficient (Wildman–Crippen LogP) is 1.11. The van der Waals surface area contributed by atoms with Gasteiger partial charge in [-0.25, -0.2) is 0 Å². The van der Waals surface area contributed by atoms with E-state index in [9.17, 15) is 4.79 Å². The number of carbonyl (C=O) groups excluding carboxylic acids is 1. The summed E-state index contributed by atoms with van der Waals surface area (Å²) < 4.78 is 0. The highest BCUT2D eigenvalue weighted by atomic mass is 32.2. The van der Waals surface area contributed by atoms with Gasteiger partial charge in [0.05, 0.1) is 6.04 Å². The van der Waals surface area contributed by atoms with Gasteiger partial charge in [0.2, 0.25) is 5.91 Å². The zero-order valence-electron chi connectivity index (χ0n) is 9.07. The molecule has 0 saturated carbocycles. The van der Waals surface area contributed by atoms with Gasteiger partial charge in [-0.2, -0.15) is 11.8 Å². The van der Waals surface area contributed by atoms with E-state index in [1.54, 1.807) is 11.3 Å². The third kappa shape index (κ3) is 3.50. The Kier molecular flexibility index (Phi) is 4.69. The maximum Gasteiger partial charge on any atom is 0.238 e. The van der Waals surface area contributed by atoms with Crippen molar-refractivity contribution in [2.75, 3.05) is 24.6 Å². The van der Waals surface area contributed by atoms with Crippen LogP contribution in [0.4, 0.5) is 0 Å². The molecule has 2 heterocycles. The monoisotopic (exact) mass is 256 g/mol. The lowest BCUT2D eigenvalue weighted by Gasteiger charge is -2.22. The summed E-state index contributed by atoms with van der Waals surface area (Å²) in [4.78, 5) is 13.1. The summed E-state index contributed by atoms with van der Waals surface area (Å²) in [6, 6.07) is 4.15. The van der Waals surface area contributed by atoms with Gasteiger partial charge in [0.25, 0.3) is 0 Å². The van der Waals surface area contributed by atoms with Crippen LogP contribution in [0.25, 0.3) is 0 Å². The van der Waals surface area contributed by atoms with Crippen molar-refractivity contribution < 1.29 is 4.79 Å². The van der Waals surface area contributed by atoms with Gasteiger partial charge in [-0.3, -0.25) is 4.79 Å². The zero-order chi connectivity index (χ0) is 11.2. The number of thiophene rings is 1. The second-order valence-corrected chi connectivity index (χ2v) is 5.88. The molecule has 1 aromatic heterocycles. The van der Waals surface area contributed by atoms with Crippen molar-refractivity contribution in [1.29, 1.82) is 0 Å². The van der Waals surface area contributed by atoms with E-state index in [1.165, 1.54) is 4.88 Å². The molecule has 2 N–H and O–H groups in total. The van der Waals surface area contributed by atoms with Crippen molar-refractivity contribution in [2.24, 2.45) is 0 Å². The second kappa shape index (κ2) is 6.27. The quantitative estimate of drug-likeness (QED) is 0.848. The normalized spacial score (nSPS) is 20.6. The first kappa shape index (κ1) is 12.0. The summed E-state index contributed by atoms with van der Waals surface area (Å²) in [5.41, 5.74) is 0. The molecule has 0 bridgehead atoms. The summed E-state index contributed by atoms with van der Waals surface area (Å²) in [7, 11) is 0. The fourth-order valence-corrected chi connectivity index (χ4v) is 3.26. The number of hydrogen-bond donors (Lipinski definition) is 2. The summed E-state index contributed by atoms with van der Waals surface area (Å²) in [6.45, 7) is 1.68. The molecule has 5 heteroatoms. The molecule has 0 aliphatic carbocycles. The third-order valence-electron chi connectivity index (χ3n) is 2.49. The highest BCUT2D eigenvalue weighted by Crippen LogP contribution is 2.09. The molecule has 1 fully saturated rings. The molecule has 0 aromatic carbocycles. The van der Waals surface area contributed by atoms with Crippen LogP contribution in [0.15, 0.2) is 17.5 Å². The second-order valence-electron chi connectivity index (χ2n) is 3.70. The van der Waals surface area contributed by atoms with E-state index in [0.29, 0.717) is 0 Å². The summed E-state index contributed by atoms with van der Waals surface area (Å²) in [5.74, 6) is 2.15. The van der Waals surface area contributed by atoms with E-state index in [1.807, 2.05) is 17.8 Å². The summed E-state index contributed by atoms with van der Waals surface area (Å²) in [5, 5.41) is 8.28. The van der Waals surface area contributed by atoms with E-state index < -0.39 is 0 Å². The van der Waals surface area contributed by atoms with Crippen molar-refractivity contribution in [3.05, 3.63) is 22.4 Å². The molecule has 16 heavy (non-hydrogen) atoms. The number of amides is 1. The third-order valence-corrected chi connectivity index (χ3v) is 4.49. The molecule has 1 aliphatic heterocycles. The van der Waals surface area contributed by atoms with Crippen LogP contribution >= 0.6 is 23.1 Å². The van der Waals surface area contributed by atoms with Gasteiger partial charge in [-0.1, -0.05) is 6.07 Å². The Bertz CT molecular complexity index is 321. The molecule has 0 spiro atoms.